The molecule has 0 unspecified atom stereocenters. The third-order valence-electron chi connectivity index (χ3n) is 0.314. The predicted molar refractivity (Wildman–Crippen MR) is 32.8 cm³/mol. The summed E-state index contributed by atoms with van der Waals surface area (Å²) in [7, 11) is 1.12. The van der Waals surface area contributed by atoms with Crippen LogP contribution >= 0.6 is 22.2 Å². The molecule has 0 amide bonds. The summed E-state index contributed by atoms with van der Waals surface area (Å²) in [5, 5.41) is 0. The van der Waals surface area contributed by atoms with Crippen molar-refractivity contribution in [3.8, 4) is 0 Å². The normalized spacial score (nSPS) is 9.00. The van der Waals surface area contributed by atoms with Crippen LogP contribution < -0.4 is 0 Å². The minimum Gasteiger partial charge on any atom is -0.171 e. The van der Waals surface area contributed by atoms with Crippen molar-refractivity contribution in [2.45, 2.75) is 12.1 Å². The van der Waals surface area contributed by atoms with Gasteiger partial charge in [-0.3, -0.25) is 0 Å². The first-order valence-corrected chi connectivity index (χ1v) is 6.02. The lowest BCUT2D eigenvalue weighted by Crippen LogP contribution is -1.78. The van der Waals surface area contributed by atoms with E-state index in [0.717, 1.165) is 12.1 Å². The minimum absolute atomic E-state index is 0.559. The van der Waals surface area contributed by atoms with E-state index in [9.17, 15) is 0 Å². The largest absolute Gasteiger partial charge is 0.171 e. The van der Waals surface area contributed by atoms with Gasteiger partial charge in [0.05, 0.1) is 0 Å². The highest BCUT2D eigenvalue weighted by Gasteiger charge is 1.82. The molecule has 0 nitrogen and oxygen atoms in total. The van der Waals surface area contributed by atoms with Gasteiger partial charge < -0.3 is 0 Å². The van der Waals surface area contributed by atoms with Crippen molar-refractivity contribution in [3.05, 3.63) is 0 Å². The van der Waals surface area contributed by atoms with Gasteiger partial charge in [0.1, 0.15) is 0 Å². The molecule has 0 bridgehead atoms. The Morgan fingerprint density at radius 1 is 1.00 bits per heavy atom. The van der Waals surface area contributed by atoms with Crippen LogP contribution in [0.15, 0.2) is 0 Å². The second-order valence-electron chi connectivity index (χ2n) is 0.767. The predicted octanol–water partition coefficient (Wildman–Crippen LogP) is 1.54. The lowest BCUT2D eigenvalue weighted by molar-refractivity contribution is 1.45. The molecule has 0 aromatic heterocycles. The fourth-order valence-electron chi connectivity index (χ4n) is 0.0945. The Morgan fingerprint density at radius 2 is 1.33 bits per heavy atom. The van der Waals surface area contributed by atoms with Crippen LogP contribution in [0.2, 0.25) is 12.1 Å². The number of hydrogen-bond donors (Lipinski definition) is 0. The van der Waals surface area contributed by atoms with E-state index in [1.165, 1.54) is 0 Å². The molecule has 0 heterocycles. The fraction of sp³-hybridized carbons (Fsp3) is 1.00. The SMILES string of the molecule is Cl[Si]CC[Si]Cl. The molecule has 0 spiro atoms. The molecule has 6 heavy (non-hydrogen) atoms. The fourth-order valence-corrected chi connectivity index (χ4v) is 2.55. The van der Waals surface area contributed by atoms with E-state index in [4.69, 9.17) is 22.2 Å². The lowest BCUT2D eigenvalue weighted by Gasteiger charge is -1.79. The smallest absolute Gasteiger partial charge is 0.171 e. The van der Waals surface area contributed by atoms with E-state index in [1.807, 2.05) is 0 Å². The van der Waals surface area contributed by atoms with Crippen molar-refractivity contribution >= 4 is 39.8 Å². The van der Waals surface area contributed by atoms with Crippen LogP contribution in [0.4, 0.5) is 0 Å². The van der Waals surface area contributed by atoms with Crippen LogP contribution in [0.5, 0.6) is 0 Å². The topological polar surface area (TPSA) is 0 Å². The zero-order chi connectivity index (χ0) is 4.83. The summed E-state index contributed by atoms with van der Waals surface area (Å²) >= 11 is 10.7. The highest BCUT2D eigenvalue weighted by atomic mass is 35.6. The van der Waals surface area contributed by atoms with Gasteiger partial charge >= 0.3 is 0 Å². The number of hydrogen-bond acceptors (Lipinski definition) is 0. The molecule has 0 N–H and O–H groups in total. The van der Waals surface area contributed by atoms with Gasteiger partial charge in [-0.1, -0.05) is 0 Å². The Hall–Kier alpha value is 1.01. The summed E-state index contributed by atoms with van der Waals surface area (Å²) in [5.41, 5.74) is 0. The summed E-state index contributed by atoms with van der Waals surface area (Å²) in [6, 6.07) is 2.17. The van der Waals surface area contributed by atoms with Gasteiger partial charge in [-0.2, -0.15) is 22.2 Å². The average molecular weight is 155 g/mol. The summed E-state index contributed by atoms with van der Waals surface area (Å²) in [6.45, 7) is 0. The maximum atomic E-state index is 5.35. The van der Waals surface area contributed by atoms with Crippen LogP contribution in [-0.4, -0.2) is 17.7 Å². The van der Waals surface area contributed by atoms with E-state index in [0.29, 0.717) is 17.7 Å². The summed E-state index contributed by atoms with van der Waals surface area (Å²) in [4.78, 5) is 0. The summed E-state index contributed by atoms with van der Waals surface area (Å²) < 4.78 is 0. The van der Waals surface area contributed by atoms with Crippen LogP contribution in [-0.2, 0) is 0 Å². The molecule has 0 aliphatic heterocycles. The van der Waals surface area contributed by atoms with Crippen LogP contribution in [0.25, 0.3) is 0 Å². The maximum Gasteiger partial charge on any atom is 0.171 e. The van der Waals surface area contributed by atoms with Crippen LogP contribution in [0.1, 0.15) is 0 Å². The molecule has 4 heteroatoms. The highest BCUT2D eigenvalue weighted by Crippen LogP contribution is 1.90. The van der Waals surface area contributed by atoms with Gasteiger partial charge in [0.25, 0.3) is 0 Å². The molecule has 0 atom stereocenters. The third-order valence-corrected chi connectivity index (χ3v) is 2.83. The van der Waals surface area contributed by atoms with E-state index in [1.54, 1.807) is 0 Å². The van der Waals surface area contributed by atoms with Crippen molar-refractivity contribution in [1.29, 1.82) is 0 Å². The second kappa shape index (κ2) is 6.01. The molecular formula is C2H4Cl2Si2. The zero-order valence-electron chi connectivity index (χ0n) is 3.17. The molecule has 0 saturated heterocycles. The molecule has 34 valence electrons. The Labute approximate surface area is 52.3 Å². The van der Waals surface area contributed by atoms with Crippen LogP contribution in [0.3, 0.4) is 0 Å². The van der Waals surface area contributed by atoms with Crippen LogP contribution in [0, 0.1) is 0 Å². The Kier molecular flexibility index (Phi) is 7.03. The van der Waals surface area contributed by atoms with Gasteiger partial charge in [0.15, 0.2) is 17.7 Å². The van der Waals surface area contributed by atoms with Gasteiger partial charge in [0, 0.05) is 0 Å². The Balaban J connectivity index is 2.34. The van der Waals surface area contributed by atoms with Crippen molar-refractivity contribution in [1.82, 2.24) is 0 Å². The van der Waals surface area contributed by atoms with E-state index < -0.39 is 0 Å². The highest BCUT2D eigenvalue weighted by molar-refractivity contribution is 6.96. The zero-order valence-corrected chi connectivity index (χ0v) is 6.68. The molecule has 4 radical (unpaired) electrons. The quantitative estimate of drug-likeness (QED) is 0.329. The van der Waals surface area contributed by atoms with E-state index in [2.05, 4.69) is 0 Å². The molecule has 0 aromatic carbocycles. The Bertz CT molecular complexity index is 21.5. The molecule has 0 saturated carbocycles. The van der Waals surface area contributed by atoms with Gasteiger partial charge in [0.2, 0.25) is 0 Å². The van der Waals surface area contributed by atoms with E-state index >= 15 is 0 Å². The second-order valence-corrected chi connectivity index (χ2v) is 3.91. The van der Waals surface area contributed by atoms with Gasteiger partial charge in [-0.05, 0) is 12.1 Å². The van der Waals surface area contributed by atoms with Crippen molar-refractivity contribution in [2.75, 3.05) is 0 Å². The van der Waals surface area contributed by atoms with Gasteiger partial charge in [-0.25, -0.2) is 0 Å². The number of rotatable bonds is 3. The summed E-state index contributed by atoms with van der Waals surface area (Å²) in [6.07, 6.45) is 0. The average Bonchev–Trinajstić information content (AvgIpc) is 1.61. The molecule has 0 aliphatic carbocycles. The molecular weight excluding hydrogens is 151 g/mol. The third kappa shape index (κ3) is 5.01. The molecule has 0 aliphatic rings. The van der Waals surface area contributed by atoms with Crippen molar-refractivity contribution in [2.24, 2.45) is 0 Å². The van der Waals surface area contributed by atoms with Crippen molar-refractivity contribution in [3.63, 3.8) is 0 Å². The standard InChI is InChI=1S/C2H4Cl2Si2/c3-5-1-2-6-4/h1-2H2. The first kappa shape index (κ1) is 7.01. The summed E-state index contributed by atoms with van der Waals surface area (Å²) in [5.74, 6) is 0. The maximum absolute atomic E-state index is 5.35. The monoisotopic (exact) mass is 154 g/mol. The molecule has 0 fully saturated rings. The minimum atomic E-state index is 0.559. The Morgan fingerprint density at radius 3 is 1.50 bits per heavy atom. The van der Waals surface area contributed by atoms with Gasteiger partial charge in [-0.15, -0.1) is 0 Å². The number of halogens is 2. The molecule has 0 aromatic rings. The first-order chi connectivity index (χ1) is 2.91. The van der Waals surface area contributed by atoms with E-state index in [-0.39, 0.29) is 0 Å². The first-order valence-electron chi connectivity index (χ1n) is 1.59. The lowest BCUT2D eigenvalue weighted by atomic mass is 11.0. The van der Waals surface area contributed by atoms with Crippen molar-refractivity contribution < 1.29 is 0 Å². The molecule has 0 rings (SSSR count).